The summed E-state index contributed by atoms with van der Waals surface area (Å²) in [6, 6.07) is 16.0. The molecule has 8 heteroatoms. The third-order valence-electron chi connectivity index (χ3n) is 3.76. The van der Waals surface area contributed by atoms with Gasteiger partial charge in [-0.2, -0.15) is 0 Å². The van der Waals surface area contributed by atoms with Gasteiger partial charge in [0.05, 0.1) is 0 Å². The SMILES string of the molecule is NC(=O)c1cccc(C(=O)Nc2cccc(C(=O)Nc3ccc(Br)cn3)c2)c1. The minimum absolute atomic E-state index is 0.239. The van der Waals surface area contributed by atoms with Gasteiger partial charge < -0.3 is 16.4 Å². The summed E-state index contributed by atoms with van der Waals surface area (Å²) >= 11 is 3.28. The molecule has 0 aliphatic rings. The van der Waals surface area contributed by atoms with Gasteiger partial charge in [0, 0.05) is 33.0 Å². The van der Waals surface area contributed by atoms with Gasteiger partial charge in [0.25, 0.3) is 11.8 Å². The van der Waals surface area contributed by atoms with Crippen LogP contribution in [0, 0.1) is 0 Å². The Morgan fingerprint density at radius 2 is 1.46 bits per heavy atom. The second-order valence-electron chi connectivity index (χ2n) is 5.80. The zero-order valence-corrected chi connectivity index (χ0v) is 16.1. The van der Waals surface area contributed by atoms with Gasteiger partial charge in [0.2, 0.25) is 5.91 Å². The number of carbonyl (C=O) groups excluding carboxylic acids is 3. The summed E-state index contributed by atoms with van der Waals surface area (Å²) in [5, 5.41) is 5.38. The van der Waals surface area contributed by atoms with Crippen molar-refractivity contribution >= 4 is 45.2 Å². The van der Waals surface area contributed by atoms with Gasteiger partial charge in [-0.05, 0) is 64.5 Å². The molecule has 0 saturated heterocycles. The van der Waals surface area contributed by atoms with Gasteiger partial charge in [-0.15, -0.1) is 0 Å². The smallest absolute Gasteiger partial charge is 0.256 e. The van der Waals surface area contributed by atoms with E-state index in [0.29, 0.717) is 17.1 Å². The highest BCUT2D eigenvalue weighted by molar-refractivity contribution is 9.10. The molecule has 3 rings (SSSR count). The Morgan fingerprint density at radius 3 is 2.14 bits per heavy atom. The van der Waals surface area contributed by atoms with Crippen LogP contribution in [0.1, 0.15) is 31.1 Å². The lowest BCUT2D eigenvalue weighted by atomic mass is 10.1. The number of anilines is 2. The first-order chi connectivity index (χ1) is 13.4. The summed E-state index contributed by atoms with van der Waals surface area (Å²) in [4.78, 5) is 40.2. The second-order valence-corrected chi connectivity index (χ2v) is 6.71. The number of aromatic nitrogens is 1. The Hall–Kier alpha value is -3.52. The van der Waals surface area contributed by atoms with Crippen molar-refractivity contribution < 1.29 is 14.4 Å². The van der Waals surface area contributed by atoms with Crippen LogP contribution in [0.5, 0.6) is 0 Å². The lowest BCUT2D eigenvalue weighted by Gasteiger charge is -2.09. The van der Waals surface area contributed by atoms with Gasteiger partial charge in [-0.25, -0.2) is 4.98 Å². The Kier molecular flexibility index (Phi) is 5.81. The number of pyridine rings is 1. The van der Waals surface area contributed by atoms with Crippen LogP contribution in [-0.2, 0) is 0 Å². The van der Waals surface area contributed by atoms with Gasteiger partial charge >= 0.3 is 0 Å². The maximum atomic E-state index is 12.4. The van der Waals surface area contributed by atoms with Crippen LogP contribution in [0.15, 0.2) is 71.3 Å². The molecule has 0 bridgehead atoms. The molecule has 28 heavy (non-hydrogen) atoms. The molecule has 1 heterocycles. The van der Waals surface area contributed by atoms with Crippen molar-refractivity contribution in [2.24, 2.45) is 5.73 Å². The molecule has 0 aliphatic heterocycles. The fraction of sp³-hybridized carbons (Fsp3) is 0. The second kappa shape index (κ2) is 8.45. The number of halogens is 1. The fourth-order valence-corrected chi connectivity index (χ4v) is 2.63. The molecule has 0 fully saturated rings. The van der Waals surface area contributed by atoms with Crippen LogP contribution in [0.3, 0.4) is 0 Å². The quantitative estimate of drug-likeness (QED) is 0.565. The van der Waals surface area contributed by atoms with E-state index in [2.05, 4.69) is 31.5 Å². The average molecular weight is 439 g/mol. The number of hydrogen-bond donors (Lipinski definition) is 3. The number of amides is 3. The molecular weight excluding hydrogens is 424 g/mol. The van der Waals surface area contributed by atoms with Crippen LogP contribution in [0.25, 0.3) is 0 Å². The molecule has 3 aromatic rings. The molecule has 0 aliphatic carbocycles. The maximum Gasteiger partial charge on any atom is 0.256 e. The summed E-state index contributed by atoms with van der Waals surface area (Å²) in [7, 11) is 0. The molecule has 7 nitrogen and oxygen atoms in total. The summed E-state index contributed by atoms with van der Waals surface area (Å²) in [5.74, 6) is -0.988. The van der Waals surface area contributed by atoms with E-state index in [-0.39, 0.29) is 17.0 Å². The highest BCUT2D eigenvalue weighted by Crippen LogP contribution is 2.16. The Balaban J connectivity index is 1.73. The zero-order chi connectivity index (χ0) is 20.1. The summed E-state index contributed by atoms with van der Waals surface area (Å²) in [6.07, 6.45) is 1.58. The molecule has 1 aromatic heterocycles. The van der Waals surface area contributed by atoms with E-state index in [0.717, 1.165) is 4.47 Å². The van der Waals surface area contributed by atoms with E-state index in [1.807, 2.05) is 0 Å². The third-order valence-corrected chi connectivity index (χ3v) is 4.23. The number of hydrogen-bond acceptors (Lipinski definition) is 4. The topological polar surface area (TPSA) is 114 Å². The van der Waals surface area contributed by atoms with E-state index >= 15 is 0 Å². The Labute approximate surface area is 169 Å². The lowest BCUT2D eigenvalue weighted by Crippen LogP contribution is -2.16. The van der Waals surface area contributed by atoms with Crippen molar-refractivity contribution in [2.45, 2.75) is 0 Å². The van der Waals surface area contributed by atoms with Gasteiger partial charge in [-0.1, -0.05) is 12.1 Å². The average Bonchev–Trinajstić information content (AvgIpc) is 2.70. The molecule has 0 spiro atoms. The number of nitrogens with two attached hydrogens (primary N) is 1. The van der Waals surface area contributed by atoms with Crippen LogP contribution >= 0.6 is 15.9 Å². The zero-order valence-electron chi connectivity index (χ0n) is 14.5. The van der Waals surface area contributed by atoms with Gasteiger partial charge in [-0.3, -0.25) is 14.4 Å². The van der Waals surface area contributed by atoms with E-state index in [4.69, 9.17) is 5.73 Å². The predicted octanol–water partition coefficient (Wildman–Crippen LogP) is 3.45. The molecule has 0 radical (unpaired) electrons. The van der Waals surface area contributed by atoms with Crippen LogP contribution < -0.4 is 16.4 Å². The monoisotopic (exact) mass is 438 g/mol. The predicted molar refractivity (Wildman–Crippen MR) is 109 cm³/mol. The molecule has 0 unspecified atom stereocenters. The highest BCUT2D eigenvalue weighted by Gasteiger charge is 2.11. The van der Waals surface area contributed by atoms with Crippen LogP contribution in [0.2, 0.25) is 0 Å². The number of primary amides is 1. The largest absolute Gasteiger partial charge is 0.366 e. The fourth-order valence-electron chi connectivity index (χ4n) is 2.39. The first-order valence-electron chi connectivity index (χ1n) is 8.16. The van der Waals surface area contributed by atoms with Crippen molar-refractivity contribution in [3.8, 4) is 0 Å². The molecule has 4 N–H and O–H groups in total. The third kappa shape index (κ3) is 4.80. The standard InChI is InChI=1S/C20H15BrN4O3/c21-15-7-8-17(23-11-15)25-20(28)14-5-2-6-16(10-14)24-19(27)13-4-1-3-12(9-13)18(22)26/h1-11H,(H2,22,26)(H,24,27)(H,23,25,28). The Bertz CT molecular complexity index is 1050. The number of benzene rings is 2. The summed E-state index contributed by atoms with van der Waals surface area (Å²) in [5.41, 5.74) is 6.55. The van der Waals surface area contributed by atoms with Crippen molar-refractivity contribution in [1.82, 2.24) is 4.98 Å². The molecule has 0 atom stereocenters. The Morgan fingerprint density at radius 1 is 0.821 bits per heavy atom. The van der Waals surface area contributed by atoms with Crippen molar-refractivity contribution in [3.05, 3.63) is 88.0 Å². The van der Waals surface area contributed by atoms with E-state index in [9.17, 15) is 14.4 Å². The first kappa shape index (κ1) is 19.2. The minimum Gasteiger partial charge on any atom is -0.366 e. The van der Waals surface area contributed by atoms with Crippen molar-refractivity contribution in [3.63, 3.8) is 0 Å². The number of nitrogens with zero attached hydrogens (tertiary/aromatic N) is 1. The summed E-state index contributed by atoms with van der Waals surface area (Å²) in [6.45, 7) is 0. The van der Waals surface area contributed by atoms with E-state index in [1.54, 1.807) is 54.7 Å². The maximum absolute atomic E-state index is 12.4. The van der Waals surface area contributed by atoms with Gasteiger partial charge in [0.1, 0.15) is 5.82 Å². The molecule has 2 aromatic carbocycles. The van der Waals surface area contributed by atoms with Crippen molar-refractivity contribution in [2.75, 3.05) is 10.6 Å². The molecule has 3 amide bonds. The molecule has 140 valence electrons. The molecule has 0 saturated carbocycles. The first-order valence-corrected chi connectivity index (χ1v) is 8.96. The normalized spacial score (nSPS) is 10.2. The van der Waals surface area contributed by atoms with Crippen molar-refractivity contribution in [1.29, 1.82) is 0 Å². The number of carbonyl (C=O) groups is 3. The van der Waals surface area contributed by atoms with E-state index < -0.39 is 11.8 Å². The number of rotatable bonds is 5. The highest BCUT2D eigenvalue weighted by atomic mass is 79.9. The number of nitrogens with one attached hydrogen (secondary N) is 2. The minimum atomic E-state index is -0.616. The lowest BCUT2D eigenvalue weighted by molar-refractivity contribution is 0.0997. The van der Waals surface area contributed by atoms with Crippen LogP contribution in [-0.4, -0.2) is 22.7 Å². The van der Waals surface area contributed by atoms with Gasteiger partial charge in [0.15, 0.2) is 0 Å². The van der Waals surface area contributed by atoms with E-state index in [1.165, 1.54) is 12.1 Å². The summed E-state index contributed by atoms with van der Waals surface area (Å²) < 4.78 is 0.801. The molecular formula is C20H15BrN4O3. The van der Waals surface area contributed by atoms with Crippen LogP contribution in [0.4, 0.5) is 11.5 Å².